The summed E-state index contributed by atoms with van der Waals surface area (Å²) in [4.78, 5) is 24.6. The highest BCUT2D eigenvalue weighted by Gasteiger charge is 2.70. The minimum absolute atomic E-state index is 0.0587. The average Bonchev–Trinajstić information content (AvgIpc) is 3.13. The molecule has 30 heavy (non-hydrogen) atoms. The summed E-state index contributed by atoms with van der Waals surface area (Å²) in [6.07, 6.45) is 4.75. The summed E-state index contributed by atoms with van der Waals surface area (Å²) >= 11 is 0. The van der Waals surface area contributed by atoms with Crippen molar-refractivity contribution in [3.63, 3.8) is 0 Å². The Bertz CT molecular complexity index is 699. The van der Waals surface area contributed by atoms with Crippen LogP contribution in [-0.4, -0.2) is 60.3 Å². The minimum Gasteiger partial charge on any atom is -0.469 e. The van der Waals surface area contributed by atoms with Gasteiger partial charge in [0, 0.05) is 17.8 Å². The number of aliphatic hydroxyl groups excluding tert-OH is 1. The monoisotopic (exact) mass is 424 g/mol. The van der Waals surface area contributed by atoms with Crippen LogP contribution in [-0.2, 0) is 23.8 Å². The fraction of sp³-hybridized carbons (Fsp3) is 0.826. The van der Waals surface area contributed by atoms with Gasteiger partial charge in [0.2, 0.25) is 0 Å². The summed E-state index contributed by atoms with van der Waals surface area (Å²) in [7, 11) is 1.41. The molecule has 2 saturated carbocycles. The van der Waals surface area contributed by atoms with Crippen molar-refractivity contribution >= 4 is 11.9 Å². The van der Waals surface area contributed by atoms with Crippen LogP contribution in [0.1, 0.15) is 59.8 Å². The Morgan fingerprint density at radius 2 is 2.00 bits per heavy atom. The first-order valence-corrected chi connectivity index (χ1v) is 10.9. The fourth-order valence-electron chi connectivity index (χ4n) is 6.05. The smallest absolute Gasteiger partial charge is 0.309 e. The molecule has 0 aromatic carbocycles. The van der Waals surface area contributed by atoms with Gasteiger partial charge in [-0.1, -0.05) is 13.0 Å². The molecule has 3 fully saturated rings. The minimum atomic E-state index is -1.26. The number of aliphatic hydroxyl groups is 2. The zero-order valence-electron chi connectivity index (χ0n) is 18.8. The van der Waals surface area contributed by atoms with Crippen LogP contribution in [0.3, 0.4) is 0 Å². The van der Waals surface area contributed by atoms with Crippen LogP contribution in [0.25, 0.3) is 0 Å². The Morgan fingerprint density at radius 3 is 2.53 bits per heavy atom. The topological polar surface area (TPSA) is 102 Å². The van der Waals surface area contributed by atoms with E-state index in [1.807, 2.05) is 6.08 Å². The van der Waals surface area contributed by atoms with Crippen molar-refractivity contribution in [1.82, 2.24) is 0 Å². The molecular formula is C23H36O7. The van der Waals surface area contributed by atoms with Gasteiger partial charge in [0.25, 0.3) is 0 Å². The zero-order valence-corrected chi connectivity index (χ0v) is 18.8. The van der Waals surface area contributed by atoms with Gasteiger partial charge in [-0.25, -0.2) is 0 Å². The molecule has 7 heteroatoms. The van der Waals surface area contributed by atoms with Crippen LogP contribution in [0, 0.1) is 22.7 Å². The van der Waals surface area contributed by atoms with E-state index in [0.29, 0.717) is 6.61 Å². The molecule has 1 unspecified atom stereocenters. The molecule has 0 amide bonds. The van der Waals surface area contributed by atoms with Crippen LogP contribution >= 0.6 is 0 Å². The molecule has 3 rings (SSSR count). The van der Waals surface area contributed by atoms with Crippen LogP contribution in [0.5, 0.6) is 0 Å². The van der Waals surface area contributed by atoms with E-state index in [4.69, 9.17) is 14.2 Å². The van der Waals surface area contributed by atoms with Gasteiger partial charge in [0.1, 0.15) is 6.61 Å². The molecule has 2 aliphatic carbocycles. The molecule has 0 aromatic heterocycles. The Labute approximate surface area is 178 Å². The lowest BCUT2D eigenvalue weighted by Gasteiger charge is -2.51. The molecule has 1 heterocycles. The van der Waals surface area contributed by atoms with Crippen molar-refractivity contribution in [3.8, 4) is 0 Å². The second-order valence-electron chi connectivity index (χ2n) is 10.0. The Hall–Kier alpha value is -1.44. The summed E-state index contributed by atoms with van der Waals surface area (Å²) < 4.78 is 16.7. The van der Waals surface area contributed by atoms with Gasteiger partial charge in [0.05, 0.1) is 37.4 Å². The lowest BCUT2D eigenvalue weighted by molar-refractivity contribution is -0.161. The fourth-order valence-corrected chi connectivity index (χ4v) is 6.05. The van der Waals surface area contributed by atoms with Gasteiger partial charge in [0.15, 0.2) is 0 Å². The molecule has 2 bridgehead atoms. The van der Waals surface area contributed by atoms with Crippen molar-refractivity contribution in [2.24, 2.45) is 22.7 Å². The third-order valence-corrected chi connectivity index (χ3v) is 8.01. The van der Waals surface area contributed by atoms with Crippen molar-refractivity contribution in [2.75, 3.05) is 20.3 Å². The second-order valence-corrected chi connectivity index (χ2v) is 10.0. The Balaban J connectivity index is 1.96. The van der Waals surface area contributed by atoms with Crippen molar-refractivity contribution in [2.45, 2.75) is 77.6 Å². The number of carbonyl (C=O) groups is 2. The van der Waals surface area contributed by atoms with Gasteiger partial charge >= 0.3 is 11.9 Å². The molecule has 0 radical (unpaired) electrons. The highest BCUT2D eigenvalue weighted by atomic mass is 16.5. The van der Waals surface area contributed by atoms with E-state index in [1.165, 1.54) is 14.0 Å². The lowest BCUT2D eigenvalue weighted by atomic mass is 9.50. The van der Waals surface area contributed by atoms with Crippen molar-refractivity contribution < 1.29 is 34.0 Å². The highest BCUT2D eigenvalue weighted by Crippen LogP contribution is 2.69. The molecule has 0 spiro atoms. The SMILES string of the molecule is COC(=O)[C@@H]1[C@@H](C(=CCC(O)C(C)(C)O)COC(C)=O)CC[C@]2(C)[C@@H]3CC[C@]12CO3. The van der Waals surface area contributed by atoms with E-state index < -0.39 is 23.6 Å². The number of hydrogen-bond acceptors (Lipinski definition) is 7. The molecular weight excluding hydrogens is 388 g/mol. The number of rotatable bonds is 7. The van der Waals surface area contributed by atoms with E-state index in [2.05, 4.69) is 6.92 Å². The number of methoxy groups -OCH3 is 1. The van der Waals surface area contributed by atoms with E-state index in [0.717, 1.165) is 31.3 Å². The van der Waals surface area contributed by atoms with Gasteiger partial charge in [-0.2, -0.15) is 0 Å². The predicted octanol–water partition coefficient (Wildman–Crippen LogP) is 2.38. The maximum Gasteiger partial charge on any atom is 0.309 e. The number of ether oxygens (including phenoxy) is 3. The number of esters is 2. The summed E-state index contributed by atoms with van der Waals surface area (Å²) in [5.41, 5.74) is -0.818. The third kappa shape index (κ3) is 3.80. The first-order valence-electron chi connectivity index (χ1n) is 10.9. The molecule has 170 valence electrons. The number of carbonyl (C=O) groups excluding carboxylic acids is 2. The molecule has 1 saturated heterocycles. The van der Waals surface area contributed by atoms with Crippen molar-refractivity contribution in [1.29, 1.82) is 0 Å². The van der Waals surface area contributed by atoms with Gasteiger partial charge in [-0.15, -0.1) is 0 Å². The maximum absolute atomic E-state index is 13.1. The predicted molar refractivity (Wildman–Crippen MR) is 109 cm³/mol. The Kier molecular flexibility index (Phi) is 6.38. The van der Waals surface area contributed by atoms with E-state index in [-0.39, 0.29) is 41.8 Å². The van der Waals surface area contributed by atoms with Crippen molar-refractivity contribution in [3.05, 3.63) is 11.6 Å². The maximum atomic E-state index is 13.1. The normalized spacial score (nSPS) is 36.9. The summed E-state index contributed by atoms with van der Waals surface area (Å²) in [5, 5.41) is 20.4. The summed E-state index contributed by atoms with van der Waals surface area (Å²) in [6.45, 7) is 7.28. The lowest BCUT2D eigenvalue weighted by Crippen LogP contribution is -2.53. The number of hydrogen-bond donors (Lipinski definition) is 2. The zero-order chi connectivity index (χ0) is 22.3. The van der Waals surface area contributed by atoms with Crippen LogP contribution in [0.2, 0.25) is 0 Å². The van der Waals surface area contributed by atoms with Gasteiger partial charge < -0.3 is 24.4 Å². The molecule has 3 aliphatic rings. The molecule has 2 N–H and O–H groups in total. The van der Waals surface area contributed by atoms with Crippen LogP contribution in [0.4, 0.5) is 0 Å². The average molecular weight is 425 g/mol. The molecule has 0 aromatic rings. The first-order chi connectivity index (χ1) is 14.0. The van der Waals surface area contributed by atoms with Gasteiger partial charge in [-0.05, 0) is 57.4 Å². The third-order valence-electron chi connectivity index (χ3n) is 8.01. The van der Waals surface area contributed by atoms with E-state index in [9.17, 15) is 19.8 Å². The Morgan fingerprint density at radius 1 is 1.30 bits per heavy atom. The van der Waals surface area contributed by atoms with Crippen LogP contribution in [0.15, 0.2) is 11.6 Å². The quantitative estimate of drug-likeness (QED) is 0.478. The molecule has 1 aliphatic heterocycles. The molecule has 6 atom stereocenters. The standard InChI is InChI=1S/C23H36O7/c1-14(24)29-12-15(6-7-17(25)21(2,3)27)16-8-10-22(4)18-9-11-23(22,13-30-18)19(16)20(26)28-5/h6,16-19,25,27H,7-13H2,1-5H3/t16-,17?,18+,19+,22-,23+/m1/s1. The van der Waals surface area contributed by atoms with Gasteiger partial charge in [-0.3, -0.25) is 9.59 Å². The summed E-state index contributed by atoms with van der Waals surface area (Å²) in [6, 6.07) is 0. The van der Waals surface area contributed by atoms with E-state index >= 15 is 0 Å². The largest absolute Gasteiger partial charge is 0.469 e. The second kappa shape index (κ2) is 8.24. The van der Waals surface area contributed by atoms with Crippen LogP contribution < -0.4 is 0 Å². The molecule has 7 nitrogen and oxygen atoms in total. The van der Waals surface area contributed by atoms with E-state index in [1.54, 1.807) is 13.8 Å². The highest BCUT2D eigenvalue weighted by molar-refractivity contribution is 5.75. The summed E-state index contributed by atoms with van der Waals surface area (Å²) in [5.74, 6) is -1.22. The first kappa shape index (κ1) is 23.2.